The van der Waals surface area contributed by atoms with E-state index in [0.29, 0.717) is 5.56 Å². The minimum Gasteiger partial charge on any atom is -0.456 e. The Labute approximate surface area is 157 Å². The fourth-order valence-corrected chi connectivity index (χ4v) is 3.53. The summed E-state index contributed by atoms with van der Waals surface area (Å²) in [4.78, 5) is 37.8. The van der Waals surface area contributed by atoms with Crippen molar-refractivity contribution >= 4 is 29.0 Å². The number of benzene rings is 1. The first-order chi connectivity index (χ1) is 12.4. The molecule has 1 atom stereocenters. The summed E-state index contributed by atoms with van der Waals surface area (Å²) in [6, 6.07) is 11.2. The van der Waals surface area contributed by atoms with Crippen molar-refractivity contribution in [3.8, 4) is 0 Å². The molecule has 0 aliphatic rings. The van der Waals surface area contributed by atoms with Gasteiger partial charge in [0.2, 0.25) is 0 Å². The van der Waals surface area contributed by atoms with E-state index in [2.05, 4.69) is 5.32 Å². The lowest BCUT2D eigenvalue weighted by Gasteiger charge is -2.14. The molecule has 2 rings (SSSR count). The molecule has 5 nitrogen and oxygen atoms in total. The molecule has 138 valence electrons. The van der Waals surface area contributed by atoms with Crippen molar-refractivity contribution in [2.24, 2.45) is 0 Å². The Morgan fingerprint density at radius 3 is 2.42 bits per heavy atom. The van der Waals surface area contributed by atoms with Crippen LogP contribution in [0.3, 0.4) is 0 Å². The molecule has 1 heterocycles. The first-order valence-corrected chi connectivity index (χ1v) is 9.28. The minimum absolute atomic E-state index is 0.0330. The van der Waals surface area contributed by atoms with E-state index in [1.165, 1.54) is 0 Å². The maximum Gasteiger partial charge on any atom is 0.306 e. The number of carbonyl (C=O) groups is 3. The monoisotopic (exact) mass is 373 g/mol. The van der Waals surface area contributed by atoms with Crippen LogP contribution in [0.4, 0.5) is 0 Å². The Balaban J connectivity index is 1.72. The summed E-state index contributed by atoms with van der Waals surface area (Å²) in [7, 11) is 0. The number of carbonyl (C=O) groups excluding carboxylic acids is 3. The molecular formula is C20H23NO4S. The van der Waals surface area contributed by atoms with Crippen molar-refractivity contribution in [3.63, 3.8) is 0 Å². The lowest BCUT2D eigenvalue weighted by atomic mass is 10.1. The van der Waals surface area contributed by atoms with Crippen LogP contribution in [-0.2, 0) is 14.3 Å². The van der Waals surface area contributed by atoms with Crippen molar-refractivity contribution in [2.75, 3.05) is 6.61 Å². The summed E-state index contributed by atoms with van der Waals surface area (Å²) >= 11 is 1.56. The molecule has 2 aromatic rings. The summed E-state index contributed by atoms with van der Waals surface area (Å²) in [5.74, 6) is -0.998. The Hall–Kier alpha value is -2.47. The molecule has 1 aromatic carbocycles. The molecule has 0 aliphatic heterocycles. The molecule has 0 fully saturated rings. The van der Waals surface area contributed by atoms with Crippen molar-refractivity contribution in [1.82, 2.24) is 5.32 Å². The number of ketones is 1. The summed E-state index contributed by atoms with van der Waals surface area (Å²) in [5, 5.41) is 2.77. The van der Waals surface area contributed by atoms with Gasteiger partial charge < -0.3 is 10.1 Å². The Morgan fingerprint density at radius 2 is 1.81 bits per heavy atom. The maximum absolute atomic E-state index is 12.1. The van der Waals surface area contributed by atoms with Crippen LogP contribution in [-0.4, -0.2) is 24.3 Å². The van der Waals surface area contributed by atoms with Crippen molar-refractivity contribution in [2.45, 2.75) is 39.7 Å². The third-order valence-corrected chi connectivity index (χ3v) is 4.90. The topological polar surface area (TPSA) is 72.5 Å². The second kappa shape index (κ2) is 9.29. The smallest absolute Gasteiger partial charge is 0.306 e. The highest BCUT2D eigenvalue weighted by Gasteiger charge is 2.16. The first-order valence-electron chi connectivity index (χ1n) is 8.47. The zero-order valence-electron chi connectivity index (χ0n) is 15.2. The van der Waals surface area contributed by atoms with Gasteiger partial charge in [-0.1, -0.05) is 30.3 Å². The fourth-order valence-electron chi connectivity index (χ4n) is 2.58. The van der Waals surface area contributed by atoms with Crippen LogP contribution in [0.15, 0.2) is 36.4 Å². The Kier molecular flexibility index (Phi) is 7.09. The molecule has 0 aliphatic carbocycles. The second-order valence-electron chi connectivity index (χ2n) is 6.11. The van der Waals surface area contributed by atoms with Crippen LogP contribution in [0.1, 0.15) is 51.5 Å². The van der Waals surface area contributed by atoms with Crippen LogP contribution in [0, 0.1) is 13.8 Å². The van der Waals surface area contributed by atoms with E-state index in [4.69, 9.17) is 4.74 Å². The van der Waals surface area contributed by atoms with Gasteiger partial charge in [-0.25, -0.2) is 0 Å². The van der Waals surface area contributed by atoms with Crippen molar-refractivity contribution in [1.29, 1.82) is 0 Å². The van der Waals surface area contributed by atoms with Gasteiger partial charge in [-0.05, 0) is 32.4 Å². The van der Waals surface area contributed by atoms with Crippen LogP contribution in [0.25, 0.3) is 0 Å². The van der Waals surface area contributed by atoms with E-state index in [1.807, 2.05) is 57.2 Å². The Morgan fingerprint density at radius 1 is 1.12 bits per heavy atom. The van der Waals surface area contributed by atoms with Gasteiger partial charge in [0, 0.05) is 21.7 Å². The highest BCUT2D eigenvalue weighted by atomic mass is 32.1. The first kappa shape index (κ1) is 19.8. The molecule has 0 saturated heterocycles. The Bertz CT molecular complexity index is 782. The van der Waals surface area contributed by atoms with Gasteiger partial charge in [-0.15, -0.1) is 11.3 Å². The van der Waals surface area contributed by atoms with Gasteiger partial charge in [0.15, 0.2) is 12.4 Å². The molecule has 0 bridgehead atoms. The van der Waals surface area contributed by atoms with Gasteiger partial charge in [-0.3, -0.25) is 14.4 Å². The summed E-state index contributed by atoms with van der Waals surface area (Å²) in [5.41, 5.74) is 1.63. The average Bonchev–Trinajstić information content (AvgIpc) is 2.97. The number of Topliss-reactive ketones (excluding diaryl/α,β-unsaturated/α-hetero) is 1. The van der Waals surface area contributed by atoms with E-state index in [-0.39, 0.29) is 37.2 Å². The van der Waals surface area contributed by atoms with Crippen LogP contribution < -0.4 is 5.32 Å². The molecule has 0 saturated carbocycles. The number of hydrogen-bond acceptors (Lipinski definition) is 5. The molecular weight excluding hydrogens is 350 g/mol. The SMILES string of the molecule is Cc1cc(C(=O)CCC(=O)OCC(=O)N[C@H](C)c2ccccc2)c(C)s1. The largest absolute Gasteiger partial charge is 0.456 e. The zero-order chi connectivity index (χ0) is 19.1. The van der Waals surface area contributed by atoms with Crippen LogP contribution >= 0.6 is 11.3 Å². The predicted octanol–water partition coefficient (Wildman–Crippen LogP) is 3.75. The van der Waals surface area contributed by atoms with Gasteiger partial charge in [0.05, 0.1) is 12.5 Å². The lowest BCUT2D eigenvalue weighted by Crippen LogP contribution is -2.31. The molecule has 0 unspecified atom stereocenters. The van der Waals surface area contributed by atoms with Crippen molar-refractivity contribution in [3.05, 3.63) is 57.3 Å². The third-order valence-electron chi connectivity index (χ3n) is 3.94. The van der Waals surface area contributed by atoms with Gasteiger partial charge >= 0.3 is 5.97 Å². The second-order valence-corrected chi connectivity index (χ2v) is 7.57. The number of aryl methyl sites for hydroxylation is 2. The fraction of sp³-hybridized carbons (Fsp3) is 0.350. The summed E-state index contributed by atoms with van der Waals surface area (Å²) in [6.45, 7) is 5.35. The van der Waals surface area contributed by atoms with E-state index >= 15 is 0 Å². The molecule has 1 N–H and O–H groups in total. The van der Waals surface area contributed by atoms with Gasteiger partial charge in [0.1, 0.15) is 0 Å². The van der Waals surface area contributed by atoms with Gasteiger partial charge in [0.25, 0.3) is 5.91 Å². The quantitative estimate of drug-likeness (QED) is 0.565. The summed E-state index contributed by atoms with van der Waals surface area (Å²) in [6.07, 6.45) is 0.0482. The third kappa shape index (κ3) is 5.81. The van der Waals surface area contributed by atoms with Gasteiger partial charge in [-0.2, -0.15) is 0 Å². The van der Waals surface area contributed by atoms with Crippen LogP contribution in [0.5, 0.6) is 0 Å². The molecule has 1 amide bonds. The number of thiophene rings is 1. The number of hydrogen-bond donors (Lipinski definition) is 1. The standard InChI is InChI=1S/C20H23NO4S/c1-13-11-17(15(3)26-13)18(22)9-10-20(24)25-12-19(23)21-14(2)16-7-5-4-6-8-16/h4-8,11,14H,9-10,12H2,1-3H3,(H,21,23)/t14-/m1/s1. The highest BCUT2D eigenvalue weighted by Crippen LogP contribution is 2.22. The zero-order valence-corrected chi connectivity index (χ0v) is 16.0. The normalized spacial score (nSPS) is 11.7. The number of rotatable bonds is 8. The number of amides is 1. The molecule has 6 heteroatoms. The number of esters is 1. The molecule has 0 radical (unpaired) electrons. The van der Waals surface area contributed by atoms with Crippen LogP contribution in [0.2, 0.25) is 0 Å². The van der Waals surface area contributed by atoms with E-state index < -0.39 is 5.97 Å². The van der Waals surface area contributed by atoms with E-state index in [9.17, 15) is 14.4 Å². The predicted molar refractivity (Wildman–Crippen MR) is 101 cm³/mol. The van der Waals surface area contributed by atoms with E-state index in [1.54, 1.807) is 11.3 Å². The molecule has 0 spiro atoms. The average molecular weight is 373 g/mol. The van der Waals surface area contributed by atoms with Crippen molar-refractivity contribution < 1.29 is 19.1 Å². The molecule has 26 heavy (non-hydrogen) atoms. The number of ether oxygens (including phenoxy) is 1. The molecule has 1 aromatic heterocycles. The maximum atomic E-state index is 12.1. The lowest BCUT2D eigenvalue weighted by molar-refractivity contribution is -0.148. The highest BCUT2D eigenvalue weighted by molar-refractivity contribution is 7.12. The summed E-state index contributed by atoms with van der Waals surface area (Å²) < 4.78 is 4.96. The number of nitrogens with one attached hydrogen (secondary N) is 1. The van der Waals surface area contributed by atoms with E-state index in [0.717, 1.165) is 15.3 Å². The minimum atomic E-state index is -0.550.